The standard InChI is InChI=1S/C3H3N2.CHO2.Mn/c1-2-4-5-3-1;2-1-3;/h1-3H;(H,2,3);/q-1;;+2. The van der Waals surface area contributed by atoms with Gasteiger partial charge in [-0.05, 0) is 0 Å². The van der Waals surface area contributed by atoms with Crippen LogP contribution in [0.3, 0.4) is 0 Å². The third kappa shape index (κ3) is 0.528. The second-order valence-electron chi connectivity index (χ2n) is 1.57. The summed E-state index contributed by atoms with van der Waals surface area (Å²) in [5.41, 5.74) is 0. The van der Waals surface area contributed by atoms with Crippen LogP contribution in [-0.2, 0) is 14.3 Å². The molecule has 0 bridgehead atoms. The van der Waals surface area contributed by atoms with E-state index < -0.39 is 19.2 Å². The Bertz CT molecular complexity index is 251. The first-order valence-corrected chi connectivity index (χ1v) is 3.98. The van der Waals surface area contributed by atoms with Gasteiger partial charge in [-0.3, -0.25) is 0 Å². The molecule has 1 aromatic rings. The normalized spacial score (nSPS) is 17.1. The molecule has 4 nitrogen and oxygen atoms in total. The van der Waals surface area contributed by atoms with E-state index in [1.165, 1.54) is 0 Å². The number of hydrogen-bond acceptors (Lipinski definition) is 1. The van der Waals surface area contributed by atoms with Crippen molar-refractivity contribution >= 4 is 4.87 Å². The van der Waals surface area contributed by atoms with E-state index in [1.807, 2.05) is 6.07 Å². The third-order valence-electron chi connectivity index (χ3n) is 1.05. The summed E-state index contributed by atoms with van der Waals surface area (Å²) in [4.78, 5) is 9.59. The predicted octanol–water partition coefficient (Wildman–Crippen LogP) is -0.388. The number of aromatic nitrogens is 2. The van der Waals surface area contributed by atoms with Gasteiger partial charge < -0.3 is 0 Å². The molecular weight excluding hydrogens is 163 g/mol. The van der Waals surface area contributed by atoms with E-state index in [9.17, 15) is 4.79 Å². The number of fused-ring (bicyclic) bond motifs is 1. The molecule has 1 N–H and O–H groups in total. The van der Waals surface area contributed by atoms with E-state index in [0.29, 0.717) is 0 Å². The summed E-state index contributed by atoms with van der Waals surface area (Å²) in [5, 5.41) is 8.47. The molecule has 0 amide bonds. The van der Waals surface area contributed by atoms with Crippen molar-refractivity contribution in [1.82, 2.24) is 3.70 Å². The number of hydrogen-bond donors (Lipinski definition) is 1. The van der Waals surface area contributed by atoms with Crippen LogP contribution in [-0.4, -0.2) is 13.7 Å². The Hall–Kier alpha value is -0.801. The number of carboxylic acid groups (broad SMARTS) is 1. The van der Waals surface area contributed by atoms with Crippen molar-refractivity contribution in [2.24, 2.45) is 0 Å². The molecule has 0 fully saturated rings. The molecule has 0 saturated heterocycles. The van der Waals surface area contributed by atoms with Gasteiger partial charge in [-0.2, -0.15) is 0 Å². The first-order valence-electron chi connectivity index (χ1n) is 2.34. The molecule has 0 atom stereocenters. The quantitative estimate of drug-likeness (QED) is 0.579. The van der Waals surface area contributed by atoms with E-state index >= 15 is 0 Å². The van der Waals surface area contributed by atoms with Crippen LogP contribution in [0.2, 0.25) is 0 Å². The van der Waals surface area contributed by atoms with E-state index in [0.717, 1.165) is 0 Å². The minimum absolute atomic E-state index is 0.692. The molecule has 2 rings (SSSR count). The van der Waals surface area contributed by atoms with Gasteiger partial charge in [-0.25, -0.2) is 0 Å². The summed E-state index contributed by atoms with van der Waals surface area (Å²) in [5.74, 6) is 0. The summed E-state index contributed by atoms with van der Waals surface area (Å²) in [6.07, 6.45) is 3.56. The van der Waals surface area contributed by atoms with E-state index in [1.54, 1.807) is 19.8 Å². The Kier molecular flexibility index (Phi) is 0.766. The summed E-state index contributed by atoms with van der Waals surface area (Å²) in [7, 11) is 0. The SMILES string of the molecule is O=[C](O)[Mn]1[n]2ccc[n+]21. The summed E-state index contributed by atoms with van der Waals surface area (Å²) in [6.45, 7) is 0. The topological polar surface area (TPSA) is 46.1 Å². The Labute approximate surface area is 55.6 Å². The van der Waals surface area contributed by atoms with Gasteiger partial charge >= 0.3 is 55.0 Å². The molecule has 2 heterocycles. The van der Waals surface area contributed by atoms with E-state index in [4.69, 9.17) is 5.11 Å². The van der Waals surface area contributed by atoms with E-state index in [-0.39, 0.29) is 0 Å². The van der Waals surface area contributed by atoms with Gasteiger partial charge in [0.2, 0.25) is 0 Å². The molecule has 0 radical (unpaired) electrons. The number of nitrogens with zero attached hydrogens (tertiary/aromatic N) is 2. The van der Waals surface area contributed by atoms with Crippen molar-refractivity contribution < 1.29 is 27.9 Å². The van der Waals surface area contributed by atoms with Crippen LogP contribution in [0.5, 0.6) is 0 Å². The van der Waals surface area contributed by atoms with Crippen LogP contribution in [0.1, 0.15) is 0 Å². The molecule has 0 spiro atoms. The second-order valence-corrected chi connectivity index (χ2v) is 3.92. The summed E-state index contributed by atoms with van der Waals surface area (Å²) < 4.78 is 3.49. The molecule has 9 heavy (non-hydrogen) atoms. The molecule has 0 aliphatic carbocycles. The molecule has 0 saturated carbocycles. The molecule has 1 aliphatic rings. The Morgan fingerprint density at radius 3 is 2.89 bits per heavy atom. The Morgan fingerprint density at radius 2 is 2.56 bits per heavy atom. The van der Waals surface area contributed by atoms with Crippen molar-refractivity contribution in [2.45, 2.75) is 0 Å². The minimum atomic E-state index is -1.36. The molecule has 1 aliphatic heterocycles. The maximum atomic E-state index is 10.3. The molecule has 48 valence electrons. The number of rotatable bonds is 1. The second kappa shape index (κ2) is 1.37. The van der Waals surface area contributed by atoms with Gasteiger partial charge in [-0.1, -0.05) is 0 Å². The molecule has 1 aromatic heterocycles. The van der Waals surface area contributed by atoms with E-state index in [2.05, 4.69) is 0 Å². The molecule has 5 heteroatoms. The molecule has 0 aromatic carbocycles. The molecular formula is C4H4MnN2O2+. The van der Waals surface area contributed by atoms with Gasteiger partial charge in [-0.15, -0.1) is 0 Å². The van der Waals surface area contributed by atoms with Gasteiger partial charge in [0, 0.05) is 0 Å². The predicted molar refractivity (Wildman–Crippen MR) is 23.4 cm³/mol. The van der Waals surface area contributed by atoms with Gasteiger partial charge in [0.1, 0.15) is 0 Å². The zero-order valence-corrected chi connectivity index (χ0v) is 5.54. The van der Waals surface area contributed by atoms with Crippen LogP contribution in [0.15, 0.2) is 18.5 Å². The average Bonchev–Trinajstić information content (AvgIpc) is 2.30. The fourth-order valence-corrected chi connectivity index (χ4v) is 2.41. The fourth-order valence-electron chi connectivity index (χ4n) is 0.685. The van der Waals surface area contributed by atoms with Crippen LogP contribution in [0.25, 0.3) is 0 Å². The Morgan fingerprint density at radius 1 is 1.78 bits per heavy atom. The van der Waals surface area contributed by atoms with Crippen LogP contribution >= 0.6 is 0 Å². The monoisotopic (exact) mass is 167 g/mol. The first kappa shape index (κ1) is 5.02. The molecule has 0 unspecified atom stereocenters. The average molecular weight is 167 g/mol. The zero-order chi connectivity index (χ0) is 6.43. The van der Waals surface area contributed by atoms with Crippen molar-refractivity contribution in [3.05, 3.63) is 18.5 Å². The van der Waals surface area contributed by atoms with Crippen molar-refractivity contribution in [2.75, 3.05) is 0 Å². The van der Waals surface area contributed by atoms with Crippen LogP contribution in [0.4, 0.5) is 4.79 Å². The summed E-state index contributed by atoms with van der Waals surface area (Å²) >= 11 is -1.36. The van der Waals surface area contributed by atoms with Gasteiger partial charge in [0.05, 0.1) is 0 Å². The van der Waals surface area contributed by atoms with Gasteiger partial charge in [0.25, 0.3) is 0 Å². The fraction of sp³-hybridized carbons (Fsp3) is 0. The zero-order valence-electron chi connectivity index (χ0n) is 4.36. The van der Waals surface area contributed by atoms with Gasteiger partial charge in [0.15, 0.2) is 0 Å². The summed E-state index contributed by atoms with van der Waals surface area (Å²) in [6, 6.07) is 1.83. The maximum absolute atomic E-state index is 10.3. The van der Waals surface area contributed by atoms with Crippen molar-refractivity contribution in [1.29, 1.82) is 0 Å². The number of carbonyl (C=O) groups is 1. The van der Waals surface area contributed by atoms with Crippen LogP contribution < -0.4 is 3.70 Å². The van der Waals surface area contributed by atoms with Crippen LogP contribution in [0, 0.1) is 0 Å². The third-order valence-corrected chi connectivity index (χ3v) is 3.18. The van der Waals surface area contributed by atoms with Crippen molar-refractivity contribution in [3.63, 3.8) is 0 Å². The first-order chi connectivity index (χ1) is 4.30. The Balaban J connectivity index is 2.32. The van der Waals surface area contributed by atoms with Crippen molar-refractivity contribution in [3.8, 4) is 0 Å².